The normalized spacial score (nSPS) is 14.3. The summed E-state index contributed by atoms with van der Waals surface area (Å²) in [6, 6.07) is 67.8. The predicted molar refractivity (Wildman–Crippen MR) is 221 cm³/mol. The van der Waals surface area contributed by atoms with Gasteiger partial charge in [0.15, 0.2) is 0 Å². The molecule has 0 saturated heterocycles. The fourth-order valence-corrected chi connectivity index (χ4v) is 7.91. The maximum Gasteiger partial charge on any atom is 0.134 e. The molecule has 52 heavy (non-hydrogen) atoms. The molecule has 1 unspecified atom stereocenters. The van der Waals surface area contributed by atoms with Crippen LogP contribution in [0, 0.1) is 0 Å². The summed E-state index contributed by atoms with van der Waals surface area (Å²) in [5, 5.41) is 13.8. The predicted octanol–water partition coefficient (Wildman–Crippen LogP) is 12.8. The van der Waals surface area contributed by atoms with E-state index >= 15 is 0 Å². The van der Waals surface area contributed by atoms with Crippen LogP contribution >= 0.6 is 0 Å². The standard InChI is InChI=1S/C50H34N2/c1-2-13-36(14-3-1)47-32-48(37-23-21-35(22-24-37)42-20-10-16-33-11-4-7-17-41(33)42)52-50(51-47)39-27-25-38(26-28-39)49-44-19-9-6-15-40(44)31-46-43-18-8-5-12-34(43)29-30-45(46)49/h1-32,47H,(H,51,52). The first-order chi connectivity index (χ1) is 25.8. The molecule has 1 N–H and O–H groups in total. The Morgan fingerprint density at radius 3 is 1.77 bits per heavy atom. The average Bonchev–Trinajstić information content (AvgIpc) is 3.23. The number of rotatable bonds is 5. The van der Waals surface area contributed by atoms with Crippen molar-refractivity contribution in [3.63, 3.8) is 0 Å². The van der Waals surface area contributed by atoms with Crippen LogP contribution in [0.5, 0.6) is 0 Å². The van der Waals surface area contributed by atoms with E-state index in [4.69, 9.17) is 4.99 Å². The SMILES string of the molecule is C1=C(c2ccc(-c3cccc4ccccc34)cc2)N=C(c2ccc(-c3c4ccccc4cc4c3ccc3ccccc34)cc2)NC1c1ccccc1. The lowest BCUT2D eigenvalue weighted by Gasteiger charge is -2.25. The van der Waals surface area contributed by atoms with Gasteiger partial charge in [-0.25, -0.2) is 4.99 Å². The van der Waals surface area contributed by atoms with E-state index in [0.29, 0.717) is 0 Å². The van der Waals surface area contributed by atoms with Crippen molar-refractivity contribution in [2.45, 2.75) is 6.04 Å². The minimum Gasteiger partial charge on any atom is -0.359 e. The van der Waals surface area contributed by atoms with Crippen LogP contribution in [0.2, 0.25) is 0 Å². The summed E-state index contributed by atoms with van der Waals surface area (Å²) in [4.78, 5) is 5.25. The monoisotopic (exact) mass is 662 g/mol. The Bertz CT molecular complexity index is 2840. The van der Waals surface area contributed by atoms with Crippen molar-refractivity contribution in [2.24, 2.45) is 4.99 Å². The number of hydrogen-bond donors (Lipinski definition) is 1. The Morgan fingerprint density at radius 1 is 0.385 bits per heavy atom. The molecule has 1 aliphatic heterocycles. The van der Waals surface area contributed by atoms with E-state index in [1.54, 1.807) is 0 Å². The van der Waals surface area contributed by atoms with Gasteiger partial charge in [0.2, 0.25) is 0 Å². The Morgan fingerprint density at radius 2 is 0.981 bits per heavy atom. The van der Waals surface area contributed by atoms with Crippen molar-refractivity contribution in [1.29, 1.82) is 0 Å². The van der Waals surface area contributed by atoms with Gasteiger partial charge >= 0.3 is 0 Å². The number of hydrogen-bond acceptors (Lipinski definition) is 2. The van der Waals surface area contributed by atoms with Gasteiger partial charge in [-0.1, -0.05) is 182 Å². The number of aliphatic imine (C=N–C) groups is 1. The Hall–Kier alpha value is -6.77. The van der Waals surface area contributed by atoms with Crippen LogP contribution in [0.25, 0.3) is 71.0 Å². The fraction of sp³-hybridized carbons (Fsp3) is 0.0200. The highest BCUT2D eigenvalue weighted by atomic mass is 15.0. The van der Waals surface area contributed by atoms with E-state index in [1.807, 2.05) is 0 Å². The number of amidine groups is 1. The van der Waals surface area contributed by atoms with Crippen LogP contribution in [-0.4, -0.2) is 5.84 Å². The molecule has 1 heterocycles. The molecule has 10 rings (SSSR count). The first-order valence-corrected chi connectivity index (χ1v) is 17.9. The van der Waals surface area contributed by atoms with Gasteiger partial charge in [0.25, 0.3) is 0 Å². The van der Waals surface area contributed by atoms with Crippen molar-refractivity contribution in [2.75, 3.05) is 0 Å². The highest BCUT2D eigenvalue weighted by Crippen LogP contribution is 2.40. The molecule has 0 spiro atoms. The van der Waals surface area contributed by atoms with Crippen molar-refractivity contribution in [3.8, 4) is 22.3 Å². The topological polar surface area (TPSA) is 24.4 Å². The van der Waals surface area contributed by atoms with Crippen molar-refractivity contribution in [1.82, 2.24) is 5.32 Å². The zero-order valence-electron chi connectivity index (χ0n) is 28.5. The van der Waals surface area contributed by atoms with Gasteiger partial charge in [-0.15, -0.1) is 0 Å². The maximum atomic E-state index is 5.25. The molecule has 0 bridgehead atoms. The average molecular weight is 663 g/mol. The summed E-state index contributed by atoms with van der Waals surface area (Å²) in [6.07, 6.45) is 2.24. The van der Waals surface area contributed by atoms with E-state index < -0.39 is 0 Å². The highest BCUT2D eigenvalue weighted by Gasteiger charge is 2.20. The highest BCUT2D eigenvalue weighted by molar-refractivity contribution is 6.20. The number of fused-ring (bicyclic) bond motifs is 5. The Kier molecular flexibility index (Phi) is 7.25. The van der Waals surface area contributed by atoms with Crippen LogP contribution in [0.4, 0.5) is 0 Å². The minimum atomic E-state index is -0.0172. The maximum absolute atomic E-state index is 5.25. The van der Waals surface area contributed by atoms with Crippen LogP contribution < -0.4 is 5.32 Å². The van der Waals surface area contributed by atoms with Crippen molar-refractivity contribution in [3.05, 3.63) is 211 Å². The summed E-state index contributed by atoms with van der Waals surface area (Å²) in [7, 11) is 0. The van der Waals surface area contributed by atoms with E-state index in [1.165, 1.54) is 70.9 Å². The third-order valence-corrected chi connectivity index (χ3v) is 10.5. The van der Waals surface area contributed by atoms with Gasteiger partial charge in [-0.3, -0.25) is 0 Å². The summed E-state index contributed by atoms with van der Waals surface area (Å²) < 4.78 is 0. The molecular weight excluding hydrogens is 629 g/mol. The summed E-state index contributed by atoms with van der Waals surface area (Å²) in [5.74, 6) is 0.866. The molecule has 0 aromatic heterocycles. The molecule has 0 saturated carbocycles. The van der Waals surface area contributed by atoms with Gasteiger partial charge in [-0.2, -0.15) is 0 Å². The molecule has 0 radical (unpaired) electrons. The van der Waals surface area contributed by atoms with Crippen molar-refractivity contribution >= 4 is 54.6 Å². The molecule has 9 aromatic carbocycles. The number of nitrogens with zero attached hydrogens (tertiary/aromatic N) is 1. The zero-order chi connectivity index (χ0) is 34.4. The minimum absolute atomic E-state index is 0.0172. The van der Waals surface area contributed by atoms with Gasteiger partial charge in [0.05, 0.1) is 11.7 Å². The third-order valence-electron chi connectivity index (χ3n) is 10.5. The van der Waals surface area contributed by atoms with Gasteiger partial charge in [-0.05, 0) is 88.6 Å². The van der Waals surface area contributed by atoms with E-state index in [0.717, 1.165) is 22.7 Å². The molecule has 0 fully saturated rings. The molecule has 1 atom stereocenters. The Labute approximate surface area is 303 Å². The smallest absolute Gasteiger partial charge is 0.134 e. The molecule has 2 heteroatoms. The van der Waals surface area contributed by atoms with E-state index in [-0.39, 0.29) is 6.04 Å². The van der Waals surface area contributed by atoms with E-state index in [2.05, 4.69) is 199 Å². The van der Waals surface area contributed by atoms with Gasteiger partial charge in [0.1, 0.15) is 5.84 Å². The summed E-state index contributed by atoms with van der Waals surface area (Å²) in [6.45, 7) is 0. The molecule has 0 aliphatic carbocycles. The largest absolute Gasteiger partial charge is 0.359 e. The molecule has 2 nitrogen and oxygen atoms in total. The first-order valence-electron chi connectivity index (χ1n) is 17.9. The first kappa shape index (κ1) is 30.1. The van der Waals surface area contributed by atoms with Crippen molar-refractivity contribution < 1.29 is 0 Å². The van der Waals surface area contributed by atoms with Crippen LogP contribution in [0.3, 0.4) is 0 Å². The van der Waals surface area contributed by atoms with E-state index in [9.17, 15) is 0 Å². The summed E-state index contributed by atoms with van der Waals surface area (Å²) >= 11 is 0. The van der Waals surface area contributed by atoms with Crippen LogP contribution in [-0.2, 0) is 0 Å². The van der Waals surface area contributed by atoms with Crippen LogP contribution in [0.1, 0.15) is 22.7 Å². The second-order valence-corrected chi connectivity index (χ2v) is 13.6. The molecular formula is C50H34N2. The molecule has 1 aliphatic rings. The lowest BCUT2D eigenvalue weighted by atomic mass is 9.89. The summed E-state index contributed by atoms with van der Waals surface area (Å²) in [5.41, 5.74) is 9.20. The van der Waals surface area contributed by atoms with Gasteiger partial charge in [0, 0.05) is 5.56 Å². The molecule has 0 amide bonds. The fourth-order valence-electron chi connectivity index (χ4n) is 7.91. The lowest BCUT2D eigenvalue weighted by Crippen LogP contribution is -2.31. The molecule has 244 valence electrons. The van der Waals surface area contributed by atoms with Gasteiger partial charge < -0.3 is 5.32 Å². The molecule has 9 aromatic rings. The lowest BCUT2D eigenvalue weighted by molar-refractivity contribution is 0.781. The number of nitrogens with one attached hydrogen (secondary N) is 1. The quantitative estimate of drug-likeness (QED) is 0.144. The third kappa shape index (κ3) is 5.25. The van der Waals surface area contributed by atoms with Crippen LogP contribution in [0.15, 0.2) is 199 Å². The second kappa shape index (κ2) is 12.5. The number of benzene rings is 9. The second-order valence-electron chi connectivity index (χ2n) is 13.6. The zero-order valence-corrected chi connectivity index (χ0v) is 28.5. The Balaban J connectivity index is 1.05.